The van der Waals surface area contributed by atoms with Crippen molar-refractivity contribution in [2.24, 2.45) is 11.3 Å². The fourth-order valence-corrected chi connectivity index (χ4v) is 2.33. The summed E-state index contributed by atoms with van der Waals surface area (Å²) in [4.78, 5) is 0. The van der Waals surface area contributed by atoms with E-state index in [4.69, 9.17) is 5.26 Å². The number of hydrogen-bond acceptors (Lipinski definition) is 1. The maximum Gasteiger partial charge on any atom is 0.0693 e. The van der Waals surface area contributed by atoms with E-state index in [9.17, 15) is 0 Å². The van der Waals surface area contributed by atoms with Gasteiger partial charge in [0.25, 0.3) is 0 Å². The van der Waals surface area contributed by atoms with Crippen LogP contribution in [0.4, 0.5) is 0 Å². The normalized spacial score (nSPS) is 27.8. The molecule has 0 bridgehead atoms. The molecule has 1 fully saturated rings. The first-order valence-electron chi connectivity index (χ1n) is 6.05. The van der Waals surface area contributed by atoms with Gasteiger partial charge in [0, 0.05) is 5.92 Å². The summed E-state index contributed by atoms with van der Waals surface area (Å²) in [7, 11) is 0. The van der Waals surface area contributed by atoms with Crippen LogP contribution in [0.1, 0.15) is 44.2 Å². The molecular weight excluding hydrogens is 194 g/mol. The molecule has 0 N–H and O–H groups in total. The lowest BCUT2D eigenvalue weighted by Gasteiger charge is -2.06. The molecule has 1 nitrogen and oxygen atoms in total. The van der Waals surface area contributed by atoms with Crippen molar-refractivity contribution in [3.8, 4) is 6.07 Å². The van der Waals surface area contributed by atoms with E-state index >= 15 is 0 Å². The second-order valence-corrected chi connectivity index (χ2v) is 5.63. The Kier molecular flexibility index (Phi) is 2.76. The molecule has 2 unspecified atom stereocenters. The maximum absolute atomic E-state index is 9.02. The second-order valence-electron chi connectivity index (χ2n) is 5.63. The summed E-state index contributed by atoms with van der Waals surface area (Å²) in [5.74, 6) is 1.17. The topological polar surface area (TPSA) is 23.8 Å². The van der Waals surface area contributed by atoms with Gasteiger partial charge in [0.15, 0.2) is 0 Å². The van der Waals surface area contributed by atoms with Gasteiger partial charge in [0.1, 0.15) is 0 Å². The van der Waals surface area contributed by atoms with E-state index in [1.807, 2.05) is 0 Å². The van der Waals surface area contributed by atoms with Crippen molar-refractivity contribution >= 4 is 0 Å². The Balaban J connectivity index is 2.07. The Morgan fingerprint density at radius 2 is 2.00 bits per heavy atom. The third kappa shape index (κ3) is 2.11. The zero-order chi connectivity index (χ0) is 11.8. The summed E-state index contributed by atoms with van der Waals surface area (Å²) in [6, 6.07) is 11.2. The van der Waals surface area contributed by atoms with Gasteiger partial charge in [-0.25, -0.2) is 0 Å². The molecule has 1 saturated carbocycles. The van der Waals surface area contributed by atoms with Crippen LogP contribution in [0.5, 0.6) is 0 Å². The van der Waals surface area contributed by atoms with Gasteiger partial charge in [-0.1, -0.05) is 38.1 Å². The molecule has 0 saturated heterocycles. The highest BCUT2D eigenvalue weighted by Crippen LogP contribution is 2.58. The lowest BCUT2D eigenvalue weighted by Crippen LogP contribution is -1.95. The van der Waals surface area contributed by atoms with Crippen LogP contribution < -0.4 is 0 Å². The summed E-state index contributed by atoms with van der Waals surface area (Å²) < 4.78 is 0. The highest BCUT2D eigenvalue weighted by Gasteiger charge is 2.51. The molecule has 2 rings (SSSR count). The minimum absolute atomic E-state index is 0.0977. The van der Waals surface area contributed by atoms with Crippen LogP contribution in [0.2, 0.25) is 0 Å². The predicted molar refractivity (Wildman–Crippen MR) is 66.1 cm³/mol. The lowest BCUT2D eigenvalue weighted by molar-refractivity contribution is 0.647. The number of hydrogen-bond donors (Lipinski definition) is 0. The number of nitriles is 1. The van der Waals surface area contributed by atoms with Gasteiger partial charge in [-0.3, -0.25) is 0 Å². The molecule has 1 aliphatic carbocycles. The molecule has 1 aliphatic rings. The molecular formula is C15H19N. The fourth-order valence-electron chi connectivity index (χ4n) is 2.33. The highest BCUT2D eigenvalue weighted by atomic mass is 14.5. The third-order valence-electron chi connectivity index (χ3n) is 3.52. The third-order valence-corrected chi connectivity index (χ3v) is 3.52. The Morgan fingerprint density at radius 1 is 1.38 bits per heavy atom. The molecule has 1 aromatic carbocycles. The standard InChI is InChI=1S/C15H19N/c1-11(2)8-12-4-6-13(7-5-12)14-9-15(14,3)10-16/h4-7,11,14H,8-9H2,1-3H3. The average Bonchev–Trinajstić information content (AvgIpc) is 2.92. The molecule has 0 radical (unpaired) electrons. The van der Waals surface area contributed by atoms with E-state index < -0.39 is 0 Å². The summed E-state index contributed by atoms with van der Waals surface area (Å²) in [5.41, 5.74) is 2.63. The average molecular weight is 213 g/mol. The fraction of sp³-hybridized carbons (Fsp3) is 0.533. The summed E-state index contributed by atoms with van der Waals surface area (Å²) >= 11 is 0. The van der Waals surface area contributed by atoms with Crippen molar-refractivity contribution < 1.29 is 0 Å². The molecule has 84 valence electrons. The van der Waals surface area contributed by atoms with E-state index in [1.165, 1.54) is 11.1 Å². The minimum atomic E-state index is -0.0977. The number of rotatable bonds is 3. The summed E-state index contributed by atoms with van der Waals surface area (Å²) in [6.45, 7) is 6.53. The van der Waals surface area contributed by atoms with Gasteiger partial charge in [-0.2, -0.15) is 5.26 Å². The largest absolute Gasteiger partial charge is 0.198 e. The zero-order valence-corrected chi connectivity index (χ0v) is 10.3. The first-order valence-corrected chi connectivity index (χ1v) is 6.05. The summed E-state index contributed by atoms with van der Waals surface area (Å²) in [5, 5.41) is 9.02. The number of benzene rings is 1. The van der Waals surface area contributed by atoms with Crippen molar-refractivity contribution in [2.45, 2.75) is 39.5 Å². The molecule has 0 aliphatic heterocycles. The minimum Gasteiger partial charge on any atom is -0.198 e. The van der Waals surface area contributed by atoms with Gasteiger partial charge in [0.2, 0.25) is 0 Å². The van der Waals surface area contributed by atoms with Gasteiger partial charge in [0.05, 0.1) is 11.5 Å². The van der Waals surface area contributed by atoms with E-state index in [1.54, 1.807) is 0 Å². The molecule has 2 atom stereocenters. The van der Waals surface area contributed by atoms with Crippen molar-refractivity contribution in [2.75, 3.05) is 0 Å². The van der Waals surface area contributed by atoms with Gasteiger partial charge < -0.3 is 0 Å². The van der Waals surface area contributed by atoms with Crippen LogP contribution in [0.15, 0.2) is 24.3 Å². The first-order chi connectivity index (χ1) is 7.55. The van der Waals surface area contributed by atoms with Crippen molar-refractivity contribution in [3.05, 3.63) is 35.4 Å². The maximum atomic E-state index is 9.02. The van der Waals surface area contributed by atoms with Gasteiger partial charge in [-0.05, 0) is 36.8 Å². The Labute approximate surface area is 98.1 Å². The predicted octanol–water partition coefficient (Wildman–Crippen LogP) is 3.90. The highest BCUT2D eigenvalue weighted by molar-refractivity contribution is 5.35. The summed E-state index contributed by atoms with van der Waals surface area (Å²) in [6.07, 6.45) is 2.16. The zero-order valence-electron chi connectivity index (χ0n) is 10.3. The van der Waals surface area contributed by atoms with E-state index in [0.29, 0.717) is 11.8 Å². The van der Waals surface area contributed by atoms with Crippen molar-refractivity contribution in [3.63, 3.8) is 0 Å². The monoisotopic (exact) mass is 213 g/mol. The van der Waals surface area contributed by atoms with Crippen molar-refractivity contribution in [1.82, 2.24) is 0 Å². The molecule has 16 heavy (non-hydrogen) atoms. The smallest absolute Gasteiger partial charge is 0.0693 e. The Morgan fingerprint density at radius 3 is 2.44 bits per heavy atom. The molecule has 0 amide bonds. The van der Waals surface area contributed by atoms with Gasteiger partial charge in [-0.15, -0.1) is 0 Å². The number of nitrogens with zero attached hydrogens (tertiary/aromatic N) is 1. The molecule has 1 aromatic rings. The van der Waals surface area contributed by atoms with Crippen LogP contribution in [-0.2, 0) is 6.42 Å². The van der Waals surface area contributed by atoms with E-state index in [0.717, 1.165) is 12.8 Å². The molecule has 0 aromatic heterocycles. The molecule has 0 heterocycles. The quantitative estimate of drug-likeness (QED) is 0.747. The SMILES string of the molecule is CC(C)Cc1ccc(C2CC2(C)C#N)cc1. The van der Waals surface area contributed by atoms with E-state index in [-0.39, 0.29) is 5.41 Å². The molecule has 0 spiro atoms. The van der Waals surface area contributed by atoms with Crippen LogP contribution in [-0.4, -0.2) is 0 Å². The van der Waals surface area contributed by atoms with E-state index in [2.05, 4.69) is 51.1 Å². The molecule has 1 heteroatoms. The van der Waals surface area contributed by atoms with Crippen molar-refractivity contribution in [1.29, 1.82) is 5.26 Å². The second kappa shape index (κ2) is 3.94. The Hall–Kier alpha value is -1.29. The lowest BCUT2D eigenvalue weighted by atomic mass is 9.98. The first kappa shape index (κ1) is 11.2. The van der Waals surface area contributed by atoms with Crippen LogP contribution in [0.25, 0.3) is 0 Å². The van der Waals surface area contributed by atoms with Crippen LogP contribution in [0.3, 0.4) is 0 Å². The van der Waals surface area contributed by atoms with Crippen LogP contribution >= 0.6 is 0 Å². The Bertz CT molecular complexity index is 410. The van der Waals surface area contributed by atoms with Gasteiger partial charge >= 0.3 is 0 Å². The van der Waals surface area contributed by atoms with Crippen LogP contribution in [0, 0.1) is 22.7 Å².